The van der Waals surface area contributed by atoms with E-state index in [0.29, 0.717) is 5.92 Å². The van der Waals surface area contributed by atoms with Crippen LogP contribution in [0.2, 0.25) is 18.1 Å². The number of rotatable bonds is 8. The first-order valence-electron chi connectivity index (χ1n) is 8.20. The molecule has 0 aliphatic heterocycles. The molecule has 0 rings (SSSR count). The summed E-state index contributed by atoms with van der Waals surface area (Å²) in [4.78, 5) is 11.0. The molecule has 0 spiro atoms. The normalized spacial score (nSPS) is 20.5. The van der Waals surface area contributed by atoms with Gasteiger partial charge in [-0.2, -0.15) is 0 Å². The van der Waals surface area contributed by atoms with Crippen molar-refractivity contribution < 1.29 is 14.3 Å². The number of hydrogen-bond donors (Lipinski definition) is 1. The van der Waals surface area contributed by atoms with E-state index in [1.807, 2.05) is 6.92 Å². The average Bonchev–Trinajstić information content (AvgIpc) is 2.40. The number of hydrogen-bond acceptors (Lipinski definition) is 3. The highest BCUT2D eigenvalue weighted by atomic mass is 28.4. The predicted octanol–water partition coefficient (Wildman–Crippen LogP) is 4.25. The summed E-state index contributed by atoms with van der Waals surface area (Å²) in [6.45, 7) is 19.3. The molecule has 0 saturated heterocycles. The van der Waals surface area contributed by atoms with Gasteiger partial charge in [0.1, 0.15) is 6.29 Å². The molecule has 0 bridgehead atoms. The second-order valence-electron chi connectivity index (χ2n) is 8.07. The van der Waals surface area contributed by atoms with E-state index in [0.717, 1.165) is 12.7 Å². The van der Waals surface area contributed by atoms with E-state index in [1.54, 1.807) is 6.92 Å². The Morgan fingerprint density at radius 1 is 1.19 bits per heavy atom. The van der Waals surface area contributed by atoms with Crippen LogP contribution in [0.1, 0.15) is 54.9 Å². The molecule has 0 aromatic heterocycles. The summed E-state index contributed by atoms with van der Waals surface area (Å²) in [7, 11) is -1.90. The van der Waals surface area contributed by atoms with Crippen LogP contribution in [0.4, 0.5) is 0 Å². The molecule has 0 amide bonds. The van der Waals surface area contributed by atoms with E-state index in [1.165, 1.54) is 0 Å². The molecule has 0 unspecified atom stereocenters. The smallest absolute Gasteiger partial charge is 0.192 e. The highest BCUT2D eigenvalue weighted by Gasteiger charge is 2.42. The van der Waals surface area contributed by atoms with Gasteiger partial charge in [0.15, 0.2) is 8.32 Å². The van der Waals surface area contributed by atoms with E-state index in [2.05, 4.69) is 47.7 Å². The largest absolute Gasteiger partial charge is 0.413 e. The predicted molar refractivity (Wildman–Crippen MR) is 91.9 cm³/mol. The van der Waals surface area contributed by atoms with Gasteiger partial charge < -0.3 is 14.3 Å². The summed E-state index contributed by atoms with van der Waals surface area (Å²) in [5.74, 6) is -0.0357. The minimum atomic E-state index is -1.90. The lowest BCUT2D eigenvalue weighted by atomic mass is 9.84. The molecule has 0 aromatic carbocycles. The van der Waals surface area contributed by atoms with Gasteiger partial charge in [0, 0.05) is 11.8 Å². The molecule has 3 nitrogen and oxygen atoms in total. The first kappa shape index (κ1) is 20.8. The van der Waals surface area contributed by atoms with Crippen LogP contribution in [0.25, 0.3) is 0 Å². The lowest BCUT2D eigenvalue weighted by molar-refractivity contribution is -0.116. The van der Waals surface area contributed by atoms with E-state index >= 15 is 0 Å². The Kier molecular flexibility index (Phi) is 7.81. The molecular weight excluding hydrogens is 280 g/mol. The fourth-order valence-corrected chi connectivity index (χ4v) is 3.73. The zero-order valence-corrected chi connectivity index (χ0v) is 16.4. The van der Waals surface area contributed by atoms with Crippen LogP contribution in [-0.4, -0.2) is 31.9 Å². The van der Waals surface area contributed by atoms with Crippen LogP contribution in [0.5, 0.6) is 0 Å². The Hall–Kier alpha value is -0.193. The first-order valence-corrected chi connectivity index (χ1v) is 11.1. The van der Waals surface area contributed by atoms with Crippen LogP contribution in [0.3, 0.4) is 0 Å². The quantitative estimate of drug-likeness (QED) is 0.538. The van der Waals surface area contributed by atoms with Crippen LogP contribution in [0.15, 0.2) is 0 Å². The van der Waals surface area contributed by atoms with Gasteiger partial charge in [-0.05, 0) is 24.1 Å². The van der Waals surface area contributed by atoms with Gasteiger partial charge in [-0.3, -0.25) is 0 Å². The van der Waals surface area contributed by atoms with Crippen molar-refractivity contribution in [2.75, 3.05) is 0 Å². The van der Waals surface area contributed by atoms with Crippen molar-refractivity contribution in [2.45, 2.75) is 85.2 Å². The first-order chi connectivity index (χ1) is 9.39. The summed E-state index contributed by atoms with van der Waals surface area (Å²) in [5.41, 5.74) is 0. The standard InChI is InChI=1S/C17H36O3Si/c1-10-12(2)16(14(4)15(19)13(3)11-18)20-21(8,9)17(5,6)7/h11-16,19H,10H2,1-9H3/t12-,13+,14+,15+,16+/m0/s1. The fraction of sp³-hybridized carbons (Fsp3) is 0.941. The van der Waals surface area contributed by atoms with Gasteiger partial charge in [0.2, 0.25) is 0 Å². The molecule has 0 fully saturated rings. The molecule has 0 aliphatic rings. The number of aliphatic hydroxyl groups is 1. The molecule has 0 aromatic rings. The topological polar surface area (TPSA) is 46.5 Å². The monoisotopic (exact) mass is 316 g/mol. The van der Waals surface area contributed by atoms with E-state index < -0.39 is 14.4 Å². The lowest BCUT2D eigenvalue weighted by Crippen LogP contribution is -2.49. The molecule has 21 heavy (non-hydrogen) atoms. The second kappa shape index (κ2) is 7.89. The maximum absolute atomic E-state index is 11.0. The molecular formula is C17H36O3Si. The van der Waals surface area contributed by atoms with Gasteiger partial charge in [-0.25, -0.2) is 0 Å². The highest BCUT2D eigenvalue weighted by Crippen LogP contribution is 2.40. The Morgan fingerprint density at radius 3 is 2.00 bits per heavy atom. The average molecular weight is 317 g/mol. The maximum Gasteiger partial charge on any atom is 0.192 e. The summed E-state index contributed by atoms with van der Waals surface area (Å²) in [6.07, 6.45) is 1.19. The third kappa shape index (κ3) is 5.50. The zero-order chi connectivity index (χ0) is 17.0. The summed E-state index contributed by atoms with van der Waals surface area (Å²) >= 11 is 0. The van der Waals surface area contributed by atoms with Crippen molar-refractivity contribution in [2.24, 2.45) is 17.8 Å². The van der Waals surface area contributed by atoms with Crippen molar-refractivity contribution in [1.29, 1.82) is 0 Å². The Bertz CT molecular complexity index is 322. The third-order valence-corrected chi connectivity index (χ3v) is 9.73. The minimum absolute atomic E-state index is 0.00621. The Balaban J connectivity index is 5.27. The summed E-state index contributed by atoms with van der Waals surface area (Å²) in [5, 5.41) is 10.5. The van der Waals surface area contributed by atoms with Gasteiger partial charge in [-0.1, -0.05) is 54.9 Å². The molecule has 0 aliphatic carbocycles. The van der Waals surface area contributed by atoms with Crippen LogP contribution < -0.4 is 0 Å². The van der Waals surface area contributed by atoms with Gasteiger partial charge in [0.05, 0.1) is 12.2 Å². The van der Waals surface area contributed by atoms with Gasteiger partial charge >= 0.3 is 0 Å². The van der Waals surface area contributed by atoms with Crippen molar-refractivity contribution in [3.8, 4) is 0 Å². The van der Waals surface area contributed by atoms with Crippen LogP contribution >= 0.6 is 0 Å². The third-order valence-electron chi connectivity index (χ3n) is 5.25. The van der Waals surface area contributed by atoms with E-state index in [-0.39, 0.29) is 23.0 Å². The van der Waals surface area contributed by atoms with Gasteiger partial charge in [-0.15, -0.1) is 0 Å². The van der Waals surface area contributed by atoms with Gasteiger partial charge in [0.25, 0.3) is 0 Å². The van der Waals surface area contributed by atoms with E-state index in [9.17, 15) is 9.90 Å². The van der Waals surface area contributed by atoms with Crippen LogP contribution in [-0.2, 0) is 9.22 Å². The van der Waals surface area contributed by atoms with Crippen molar-refractivity contribution >= 4 is 14.6 Å². The summed E-state index contributed by atoms with van der Waals surface area (Å²) < 4.78 is 6.60. The molecule has 126 valence electrons. The molecule has 4 heteroatoms. The molecule has 1 N–H and O–H groups in total. The number of aldehydes is 1. The maximum atomic E-state index is 11.0. The molecule has 5 atom stereocenters. The molecule has 0 heterocycles. The van der Waals surface area contributed by atoms with Crippen LogP contribution in [0, 0.1) is 17.8 Å². The fourth-order valence-electron chi connectivity index (χ4n) is 2.24. The lowest BCUT2D eigenvalue weighted by Gasteiger charge is -2.44. The Labute approximate surface area is 132 Å². The minimum Gasteiger partial charge on any atom is -0.413 e. The number of aliphatic hydroxyl groups excluding tert-OH is 1. The summed E-state index contributed by atoms with van der Waals surface area (Å²) in [6, 6.07) is 0. The van der Waals surface area contributed by atoms with E-state index in [4.69, 9.17) is 4.43 Å². The van der Waals surface area contributed by atoms with Crippen molar-refractivity contribution in [3.05, 3.63) is 0 Å². The van der Waals surface area contributed by atoms with Crippen molar-refractivity contribution in [1.82, 2.24) is 0 Å². The second-order valence-corrected chi connectivity index (χ2v) is 12.8. The molecule has 0 saturated carbocycles. The Morgan fingerprint density at radius 2 is 1.67 bits per heavy atom. The van der Waals surface area contributed by atoms with Crippen molar-refractivity contribution in [3.63, 3.8) is 0 Å². The number of carbonyl (C=O) groups is 1. The highest BCUT2D eigenvalue weighted by molar-refractivity contribution is 6.74. The molecule has 0 radical (unpaired) electrons. The zero-order valence-electron chi connectivity index (χ0n) is 15.4. The number of carbonyl (C=O) groups excluding carboxylic acids is 1. The SMILES string of the molecule is CC[C@H](C)[C@@H](O[Si](C)(C)C(C)(C)C)[C@H](C)[C@H](O)[C@H](C)C=O.